The van der Waals surface area contributed by atoms with Crippen molar-refractivity contribution in [3.8, 4) is 17.2 Å². The van der Waals surface area contributed by atoms with E-state index in [0.29, 0.717) is 50.3 Å². The summed E-state index contributed by atoms with van der Waals surface area (Å²) in [6, 6.07) is 31.5. The number of ether oxygens (including phenoxy) is 1. The molecule has 5 heterocycles. The Morgan fingerprint density at radius 1 is 0.494 bits per heavy atom. The van der Waals surface area contributed by atoms with Gasteiger partial charge >= 0.3 is 28.1 Å². The summed E-state index contributed by atoms with van der Waals surface area (Å²) in [6.45, 7) is 13.0. The highest BCUT2D eigenvalue weighted by molar-refractivity contribution is 5.98. The van der Waals surface area contributed by atoms with Gasteiger partial charge < -0.3 is 41.9 Å². The van der Waals surface area contributed by atoms with Gasteiger partial charge in [0.1, 0.15) is 73.4 Å². The zero-order valence-corrected chi connectivity index (χ0v) is 48.7. The molecule has 85 heavy (non-hydrogen) atoms. The van der Waals surface area contributed by atoms with Crippen LogP contribution < -0.4 is 37.8 Å². The summed E-state index contributed by atoms with van der Waals surface area (Å²) in [6.07, 6.45) is 2.43. The van der Waals surface area contributed by atoms with Crippen molar-refractivity contribution >= 4 is 89.4 Å². The van der Waals surface area contributed by atoms with E-state index >= 15 is 0 Å². The van der Waals surface area contributed by atoms with Crippen molar-refractivity contribution in [1.82, 2.24) is 0 Å². The number of ketones is 5. The van der Waals surface area contributed by atoms with E-state index in [2.05, 4.69) is 13.8 Å². The molecule has 5 aromatic heterocycles. The van der Waals surface area contributed by atoms with Crippen molar-refractivity contribution in [3.63, 3.8) is 0 Å². The van der Waals surface area contributed by atoms with Crippen molar-refractivity contribution in [3.05, 3.63) is 206 Å². The third-order valence-electron chi connectivity index (χ3n) is 13.5. The van der Waals surface area contributed by atoms with Crippen LogP contribution in [0, 0.1) is 6.92 Å². The smallest absolute Gasteiger partial charge is 0.347 e. The van der Waals surface area contributed by atoms with Crippen molar-refractivity contribution in [1.29, 1.82) is 0 Å². The summed E-state index contributed by atoms with van der Waals surface area (Å²) >= 11 is 0. The van der Waals surface area contributed by atoms with Crippen LogP contribution in [0.15, 0.2) is 161 Å². The monoisotopic (exact) mass is 1160 g/mol. The number of carbonyl (C=O) groups is 5. The number of aromatic hydroxyl groups is 2. The number of aryl methyl sites for hydroxylation is 1. The number of carbonyl (C=O) groups excluding carboxylic acids is 5. The molecule has 19 nitrogen and oxygen atoms in total. The molecule has 0 spiro atoms. The van der Waals surface area contributed by atoms with Gasteiger partial charge in [-0.2, -0.15) is 0 Å². The number of nitrogens with zero attached hydrogens (tertiary/aromatic N) is 1. The fourth-order valence-electron chi connectivity index (χ4n) is 8.94. The molecule has 0 saturated carbocycles. The number of benzene rings is 5. The highest BCUT2D eigenvalue weighted by atomic mass is 16.5. The van der Waals surface area contributed by atoms with Gasteiger partial charge in [0.05, 0.1) is 7.11 Å². The van der Waals surface area contributed by atoms with Gasteiger partial charge in [-0.15, -0.1) is 0 Å². The van der Waals surface area contributed by atoms with E-state index in [-0.39, 0.29) is 75.5 Å². The number of fused-ring (bicyclic) bond motifs is 5. The number of phenols is 2. The summed E-state index contributed by atoms with van der Waals surface area (Å²) in [4.78, 5) is 115. The zero-order valence-electron chi connectivity index (χ0n) is 48.7. The predicted molar refractivity (Wildman–Crippen MR) is 323 cm³/mol. The maximum atomic E-state index is 11.7. The third kappa shape index (κ3) is 16.2. The topological polar surface area (TPSA) is 289 Å². The number of Topliss-reactive ketones (excluding diaryl/α,β-unsaturated/α-hetero) is 5. The molecule has 0 atom stereocenters. The Morgan fingerprint density at radius 3 is 1.44 bits per heavy atom. The first-order valence-electron chi connectivity index (χ1n) is 26.7. The lowest BCUT2D eigenvalue weighted by Gasteiger charge is -2.13. The van der Waals surface area contributed by atoms with Crippen LogP contribution in [-0.4, -0.2) is 60.3 Å². The number of hydrogen-bond donors (Lipinski definition) is 2. The average molecular weight is 1160 g/mol. The van der Waals surface area contributed by atoms with Crippen molar-refractivity contribution < 1.29 is 61.0 Å². The Bertz CT molecular complexity index is 4510. The minimum atomic E-state index is -0.680. The van der Waals surface area contributed by atoms with Gasteiger partial charge in [0, 0.05) is 95.5 Å². The summed E-state index contributed by atoms with van der Waals surface area (Å²) in [5, 5.41) is 22.1. The van der Waals surface area contributed by atoms with E-state index in [1.54, 1.807) is 49.4 Å². The van der Waals surface area contributed by atoms with E-state index in [1.165, 1.54) is 89.8 Å². The summed E-state index contributed by atoms with van der Waals surface area (Å²) in [5.74, 6) is 0.177. The van der Waals surface area contributed by atoms with E-state index in [1.807, 2.05) is 49.3 Å². The maximum absolute atomic E-state index is 11.7. The first-order chi connectivity index (χ1) is 40.2. The molecular formula is C66H63NO18. The number of hydrogen-bond acceptors (Lipinski definition) is 19. The van der Waals surface area contributed by atoms with Crippen molar-refractivity contribution in [2.24, 2.45) is 0 Å². The number of anilines is 1. The van der Waals surface area contributed by atoms with Gasteiger partial charge in [-0.1, -0.05) is 26.0 Å². The number of phenolic OH excluding ortho intramolecular Hbond substituents is 2. The number of methoxy groups -OCH3 is 1. The average Bonchev–Trinajstić information content (AvgIpc) is 3.44. The second kappa shape index (κ2) is 28.1. The molecule has 10 aromatic rings. The normalized spacial score (nSPS) is 10.7. The van der Waals surface area contributed by atoms with Crippen LogP contribution >= 0.6 is 0 Å². The lowest BCUT2D eigenvalue weighted by molar-refractivity contribution is -0.117. The van der Waals surface area contributed by atoms with Gasteiger partial charge in [0.2, 0.25) is 0 Å². The molecular weight excluding hydrogens is 1090 g/mol. The molecule has 0 aliphatic heterocycles. The highest BCUT2D eigenvalue weighted by Gasteiger charge is 2.16. The predicted octanol–water partition coefficient (Wildman–Crippen LogP) is 11.5. The number of rotatable bonds is 12. The summed E-state index contributed by atoms with van der Waals surface area (Å²) in [5.41, 5.74) is 3.46. The van der Waals surface area contributed by atoms with Crippen molar-refractivity contribution in [2.45, 2.75) is 87.0 Å². The molecule has 0 aliphatic rings. The minimum Gasteiger partial charge on any atom is -0.508 e. The maximum Gasteiger partial charge on any atom is 0.347 e. The molecule has 0 fully saturated rings. The first-order valence-corrected chi connectivity index (χ1v) is 26.7. The molecule has 0 radical (unpaired) electrons. The Balaban J connectivity index is 0.000000171. The molecule has 440 valence electrons. The largest absolute Gasteiger partial charge is 0.508 e. The van der Waals surface area contributed by atoms with E-state index in [9.17, 15) is 58.2 Å². The SMILES string of the molecule is CC(=O)Cc1c(C)c2ccc(O)cc2oc1=O.CC(=O)Cc1cc(=O)oc2cc(N(C)C)ccc12.CC(=O)c1cc2ccc(O)cc2oc1=O.CCC(CC)c1ccc2cc(C(C)=O)c(=O)oc2c1.COc1ccc2cc(C(C)=O)c(=O)oc2c1. The fourth-order valence-corrected chi connectivity index (χ4v) is 8.94. The second-order valence-corrected chi connectivity index (χ2v) is 20.0. The highest BCUT2D eigenvalue weighted by Crippen LogP contribution is 2.28. The van der Waals surface area contributed by atoms with Gasteiger partial charge in [0.15, 0.2) is 17.3 Å². The second-order valence-electron chi connectivity index (χ2n) is 20.0. The van der Waals surface area contributed by atoms with E-state index in [0.717, 1.165) is 45.8 Å². The fraction of sp³-hybridized carbons (Fsp3) is 0.242. The lowest BCUT2D eigenvalue weighted by atomic mass is 9.93. The van der Waals surface area contributed by atoms with Crippen LogP contribution in [0.25, 0.3) is 54.8 Å². The lowest BCUT2D eigenvalue weighted by Crippen LogP contribution is -2.13. The standard InChI is InChI=1S/C16H18O3.C14H15NO3.C13H12O4.C12H10O4.C11H8O4/c1-4-11(5-2)12-6-7-13-8-14(10(3)17)16(18)19-15(13)9-12;1-9(16)6-10-7-14(17)18-13-8-11(15(2)3)4-5-12(10)13;1-7(14)5-11-8(2)10-4-3-9(15)6-12(10)17-13(11)16;1-7(13)10-5-8-3-4-9(15-2)6-11(8)16-12(10)14;1-6(12)9-4-7-2-3-8(13)5-10(7)15-11(9)14/h6-9,11H,4-5H2,1-3H3;4-5,7-8H,6H2,1-3H3;3-4,6,15H,5H2,1-2H3;3-6H,1-2H3;2-5,13H,1H3. The van der Waals surface area contributed by atoms with Crippen LogP contribution in [0.5, 0.6) is 17.2 Å². The molecule has 0 amide bonds. The van der Waals surface area contributed by atoms with Gasteiger partial charge in [0.25, 0.3) is 0 Å². The third-order valence-corrected chi connectivity index (χ3v) is 13.5. The van der Waals surface area contributed by atoms with Crippen LogP contribution in [0.2, 0.25) is 0 Å². The molecule has 5 aromatic carbocycles. The molecule has 2 N–H and O–H groups in total. The molecule has 0 aliphatic carbocycles. The van der Waals surface area contributed by atoms with E-state index < -0.39 is 28.1 Å². The van der Waals surface area contributed by atoms with Gasteiger partial charge in [-0.3, -0.25) is 24.0 Å². The Hall–Kier alpha value is -10.3. The molecule has 0 unspecified atom stereocenters. The molecule has 19 heteroatoms. The molecule has 0 saturated heterocycles. The van der Waals surface area contributed by atoms with Crippen molar-refractivity contribution in [2.75, 3.05) is 26.1 Å². The van der Waals surface area contributed by atoms with Crippen LogP contribution in [-0.2, 0) is 22.4 Å². The summed E-state index contributed by atoms with van der Waals surface area (Å²) < 4.78 is 30.5. The summed E-state index contributed by atoms with van der Waals surface area (Å²) in [7, 11) is 5.36. The Morgan fingerprint density at radius 2 is 0.941 bits per heavy atom. The Kier molecular flexibility index (Phi) is 21.1. The van der Waals surface area contributed by atoms with Gasteiger partial charge in [-0.05, 0) is 150 Å². The Labute approximate surface area is 485 Å². The molecule has 0 bridgehead atoms. The van der Waals surface area contributed by atoms with Crippen LogP contribution in [0.1, 0.15) is 121 Å². The van der Waals surface area contributed by atoms with Crippen LogP contribution in [0.4, 0.5) is 5.69 Å². The van der Waals surface area contributed by atoms with Gasteiger partial charge in [-0.25, -0.2) is 24.0 Å². The first kappa shape index (κ1) is 63.9. The van der Waals surface area contributed by atoms with E-state index in [4.69, 9.17) is 26.8 Å². The van der Waals surface area contributed by atoms with Crippen LogP contribution in [0.3, 0.4) is 0 Å². The zero-order chi connectivity index (χ0) is 62.6. The quantitative estimate of drug-likeness (QED) is 0.0848. The molecule has 10 rings (SSSR count). The minimum absolute atomic E-state index is 0.0150.